The highest BCUT2D eigenvalue weighted by Gasteiger charge is 2.13. The Labute approximate surface area is 155 Å². The van der Waals surface area contributed by atoms with Gasteiger partial charge >= 0.3 is 0 Å². The Morgan fingerprint density at radius 2 is 1.74 bits per heavy atom. The van der Waals surface area contributed by atoms with E-state index in [2.05, 4.69) is 10.3 Å². The van der Waals surface area contributed by atoms with Crippen molar-refractivity contribution in [2.24, 2.45) is 0 Å². The fourth-order valence-corrected chi connectivity index (χ4v) is 3.07. The lowest BCUT2D eigenvalue weighted by molar-refractivity contribution is -0.118. The fraction of sp³-hybridized carbons (Fsp3) is 0.143. The van der Waals surface area contributed by atoms with Crippen molar-refractivity contribution in [1.29, 1.82) is 0 Å². The van der Waals surface area contributed by atoms with Crippen LogP contribution in [0.4, 0.5) is 5.69 Å². The quantitative estimate of drug-likeness (QED) is 0.562. The average molecular weight is 358 g/mol. The van der Waals surface area contributed by atoms with Gasteiger partial charge in [0.15, 0.2) is 0 Å². The van der Waals surface area contributed by atoms with E-state index in [1.54, 1.807) is 30.1 Å². The zero-order valence-electron chi connectivity index (χ0n) is 14.9. The maximum atomic E-state index is 12.6. The van der Waals surface area contributed by atoms with E-state index in [0.29, 0.717) is 10.9 Å². The maximum absolute atomic E-state index is 12.6. The monoisotopic (exact) mass is 358 g/mol. The Morgan fingerprint density at radius 1 is 1.00 bits per heavy atom. The Kier molecular flexibility index (Phi) is 4.38. The second-order valence-corrected chi connectivity index (χ2v) is 6.37. The number of rotatable bonds is 4. The van der Waals surface area contributed by atoms with Crippen LogP contribution in [0, 0.1) is 0 Å². The molecule has 0 radical (unpaired) electrons. The number of hydrogen-bond acceptors (Lipinski definition) is 4. The molecule has 0 aliphatic heterocycles. The Hall–Kier alpha value is -3.54. The van der Waals surface area contributed by atoms with Crippen molar-refractivity contribution in [3.05, 3.63) is 77.1 Å². The summed E-state index contributed by atoms with van der Waals surface area (Å²) in [7, 11) is 1.74. The van der Waals surface area contributed by atoms with Gasteiger partial charge in [0.2, 0.25) is 5.91 Å². The molecule has 0 fully saturated rings. The summed E-state index contributed by atoms with van der Waals surface area (Å²) in [6.45, 7) is 0.188. The summed E-state index contributed by atoms with van der Waals surface area (Å²) in [5.41, 5.74) is 1.13. The van der Waals surface area contributed by atoms with Crippen molar-refractivity contribution in [2.45, 2.75) is 13.0 Å². The zero-order valence-corrected chi connectivity index (χ0v) is 14.9. The van der Waals surface area contributed by atoms with Crippen LogP contribution in [0.5, 0.6) is 0 Å². The first-order valence-corrected chi connectivity index (χ1v) is 8.71. The summed E-state index contributed by atoms with van der Waals surface area (Å²) in [4.78, 5) is 26.7. The number of aromatic nitrogens is 3. The molecule has 3 aromatic carbocycles. The maximum Gasteiger partial charge on any atom is 0.277 e. The van der Waals surface area contributed by atoms with Crippen molar-refractivity contribution >= 4 is 33.3 Å². The smallest absolute Gasteiger partial charge is 0.277 e. The fourth-order valence-electron chi connectivity index (χ4n) is 3.07. The van der Waals surface area contributed by atoms with Gasteiger partial charge in [0, 0.05) is 19.2 Å². The molecule has 1 heterocycles. The molecule has 0 aliphatic carbocycles. The van der Waals surface area contributed by atoms with Crippen LogP contribution < -0.4 is 10.5 Å². The molecule has 0 aliphatic rings. The van der Waals surface area contributed by atoms with Crippen LogP contribution in [0.25, 0.3) is 21.7 Å². The van der Waals surface area contributed by atoms with Gasteiger partial charge in [-0.2, -0.15) is 0 Å². The number of nitrogens with zero attached hydrogens (tertiary/aromatic N) is 4. The lowest BCUT2D eigenvalue weighted by atomic mass is 10.1. The summed E-state index contributed by atoms with van der Waals surface area (Å²) in [5.74, 6) is -0.0906. The van der Waals surface area contributed by atoms with Gasteiger partial charge in [-0.25, -0.2) is 4.68 Å². The van der Waals surface area contributed by atoms with Gasteiger partial charge in [0.05, 0.1) is 11.9 Å². The number of carbonyl (C=O) groups is 1. The van der Waals surface area contributed by atoms with Crippen molar-refractivity contribution in [2.75, 3.05) is 11.9 Å². The largest absolute Gasteiger partial charge is 0.315 e. The van der Waals surface area contributed by atoms with E-state index in [-0.39, 0.29) is 24.4 Å². The standard InChI is InChI=1S/C21H18N4O2/c1-24(17-11-10-15-6-2-3-7-16(15)14-17)20(26)12-13-25-21(27)18-8-4-5-9-19(18)22-23-25/h2-11,14H,12-13H2,1H3. The van der Waals surface area contributed by atoms with Crippen LogP contribution in [0.2, 0.25) is 0 Å². The second kappa shape index (κ2) is 6.99. The van der Waals surface area contributed by atoms with Gasteiger partial charge in [-0.3, -0.25) is 9.59 Å². The highest BCUT2D eigenvalue weighted by molar-refractivity contribution is 5.95. The van der Waals surface area contributed by atoms with E-state index in [4.69, 9.17) is 0 Å². The molecule has 0 saturated carbocycles. The minimum absolute atomic E-state index is 0.0906. The third kappa shape index (κ3) is 3.29. The molecule has 27 heavy (non-hydrogen) atoms. The first-order valence-electron chi connectivity index (χ1n) is 8.71. The lowest BCUT2D eigenvalue weighted by Crippen LogP contribution is -2.30. The SMILES string of the molecule is CN(C(=O)CCn1nnc2ccccc2c1=O)c1ccc2ccccc2c1. The van der Waals surface area contributed by atoms with E-state index in [9.17, 15) is 9.59 Å². The summed E-state index contributed by atoms with van der Waals surface area (Å²) < 4.78 is 1.24. The van der Waals surface area contributed by atoms with Crippen LogP contribution in [0.1, 0.15) is 6.42 Å². The van der Waals surface area contributed by atoms with Crippen LogP contribution in [-0.4, -0.2) is 27.9 Å². The summed E-state index contributed by atoms with van der Waals surface area (Å²) >= 11 is 0. The number of fused-ring (bicyclic) bond motifs is 2. The molecule has 134 valence electrons. The number of benzene rings is 3. The number of carbonyl (C=O) groups excluding carboxylic acids is 1. The van der Waals surface area contributed by atoms with E-state index in [0.717, 1.165) is 16.5 Å². The minimum atomic E-state index is -0.234. The molecule has 6 heteroatoms. The molecular weight excluding hydrogens is 340 g/mol. The molecule has 0 spiro atoms. The van der Waals surface area contributed by atoms with E-state index in [1.807, 2.05) is 48.5 Å². The third-order valence-corrected chi connectivity index (χ3v) is 4.66. The molecule has 4 rings (SSSR count). The molecular formula is C21H18N4O2. The molecule has 0 bridgehead atoms. The number of amides is 1. The average Bonchev–Trinajstić information content (AvgIpc) is 2.72. The molecule has 0 atom stereocenters. The highest BCUT2D eigenvalue weighted by atomic mass is 16.2. The lowest BCUT2D eigenvalue weighted by Gasteiger charge is -2.18. The molecule has 1 amide bonds. The topological polar surface area (TPSA) is 68.1 Å². The van der Waals surface area contributed by atoms with Crippen LogP contribution in [-0.2, 0) is 11.3 Å². The highest BCUT2D eigenvalue weighted by Crippen LogP contribution is 2.21. The van der Waals surface area contributed by atoms with Crippen molar-refractivity contribution in [1.82, 2.24) is 15.0 Å². The molecule has 0 unspecified atom stereocenters. The first-order chi connectivity index (χ1) is 13.1. The second-order valence-electron chi connectivity index (χ2n) is 6.37. The first kappa shape index (κ1) is 16.9. The molecule has 6 nitrogen and oxygen atoms in total. The number of anilines is 1. The Morgan fingerprint density at radius 3 is 2.59 bits per heavy atom. The van der Waals surface area contributed by atoms with Gasteiger partial charge in [0.1, 0.15) is 5.52 Å². The van der Waals surface area contributed by atoms with Gasteiger partial charge in [0.25, 0.3) is 5.56 Å². The molecule has 0 N–H and O–H groups in total. The van der Waals surface area contributed by atoms with Gasteiger partial charge < -0.3 is 4.90 Å². The van der Waals surface area contributed by atoms with Crippen molar-refractivity contribution in [3.63, 3.8) is 0 Å². The number of aryl methyl sites for hydroxylation is 1. The van der Waals surface area contributed by atoms with Gasteiger partial charge in [-0.15, -0.1) is 5.10 Å². The van der Waals surface area contributed by atoms with E-state index >= 15 is 0 Å². The third-order valence-electron chi connectivity index (χ3n) is 4.66. The normalized spacial score (nSPS) is 11.0. The molecule has 1 aromatic heterocycles. The molecule has 0 saturated heterocycles. The van der Waals surface area contributed by atoms with E-state index in [1.165, 1.54) is 4.68 Å². The summed E-state index contributed by atoms with van der Waals surface area (Å²) in [6.07, 6.45) is 0.163. The van der Waals surface area contributed by atoms with Crippen LogP contribution >= 0.6 is 0 Å². The van der Waals surface area contributed by atoms with Crippen molar-refractivity contribution in [3.8, 4) is 0 Å². The number of hydrogen-bond donors (Lipinski definition) is 0. The minimum Gasteiger partial charge on any atom is -0.315 e. The van der Waals surface area contributed by atoms with E-state index < -0.39 is 0 Å². The predicted molar refractivity (Wildman–Crippen MR) is 106 cm³/mol. The predicted octanol–water partition coefficient (Wildman–Crippen LogP) is 3.00. The van der Waals surface area contributed by atoms with Crippen LogP contribution in [0.3, 0.4) is 0 Å². The van der Waals surface area contributed by atoms with Gasteiger partial charge in [-0.1, -0.05) is 47.7 Å². The Bertz CT molecular complexity index is 1200. The van der Waals surface area contributed by atoms with Crippen molar-refractivity contribution < 1.29 is 4.79 Å². The summed E-state index contributed by atoms with van der Waals surface area (Å²) in [6, 6.07) is 21.0. The molecule has 4 aromatic rings. The summed E-state index contributed by atoms with van der Waals surface area (Å²) in [5, 5.41) is 10.7. The zero-order chi connectivity index (χ0) is 18.8. The Balaban J connectivity index is 1.51. The van der Waals surface area contributed by atoms with Gasteiger partial charge in [-0.05, 0) is 35.0 Å². The van der Waals surface area contributed by atoms with Crippen LogP contribution in [0.15, 0.2) is 71.5 Å².